The second-order valence-electron chi connectivity index (χ2n) is 6.01. The van der Waals surface area contributed by atoms with Crippen molar-refractivity contribution >= 4 is 22.7 Å². The van der Waals surface area contributed by atoms with Crippen molar-refractivity contribution in [1.82, 2.24) is 4.98 Å². The van der Waals surface area contributed by atoms with Crippen molar-refractivity contribution in [3.8, 4) is 5.75 Å². The Bertz CT molecular complexity index is 950. The monoisotopic (exact) mass is 325 g/mol. The minimum Gasteiger partial charge on any atom is -0.506 e. The van der Waals surface area contributed by atoms with Gasteiger partial charge in [-0.2, -0.15) is 0 Å². The largest absolute Gasteiger partial charge is 0.506 e. The van der Waals surface area contributed by atoms with E-state index in [1.54, 1.807) is 0 Å². The summed E-state index contributed by atoms with van der Waals surface area (Å²) in [5, 5.41) is 11.3. The van der Waals surface area contributed by atoms with Crippen molar-refractivity contribution in [3.63, 3.8) is 0 Å². The number of aryl methyl sites for hydroxylation is 4. The number of rotatable bonds is 2. The molecule has 0 saturated heterocycles. The number of hydrogen-bond acceptors (Lipinski definition) is 3. The normalized spacial score (nSPS) is 11.1. The Morgan fingerprint density at radius 2 is 1.57 bits per heavy atom. The van der Waals surface area contributed by atoms with Gasteiger partial charge in [-0.1, -0.05) is 41.1 Å². The molecule has 0 aliphatic rings. The van der Waals surface area contributed by atoms with Crippen molar-refractivity contribution in [2.45, 2.75) is 37.5 Å². The predicted octanol–water partition coefficient (Wildman–Crippen LogP) is 4.62. The van der Waals surface area contributed by atoms with Gasteiger partial charge in [0.15, 0.2) is 0 Å². The molecule has 3 aromatic rings. The Morgan fingerprint density at radius 3 is 2.22 bits per heavy atom. The van der Waals surface area contributed by atoms with Gasteiger partial charge >= 0.3 is 0 Å². The van der Waals surface area contributed by atoms with E-state index in [2.05, 4.69) is 24.0 Å². The van der Waals surface area contributed by atoms with Crippen molar-refractivity contribution in [3.05, 3.63) is 62.9 Å². The summed E-state index contributed by atoms with van der Waals surface area (Å²) in [6.07, 6.45) is 0. The Hall–Kier alpha value is -2.20. The molecule has 0 aliphatic heterocycles. The molecule has 0 unspecified atom stereocenters. The van der Waals surface area contributed by atoms with Crippen molar-refractivity contribution in [2.75, 3.05) is 0 Å². The molecule has 0 fully saturated rings. The first kappa shape index (κ1) is 15.7. The van der Waals surface area contributed by atoms with Crippen molar-refractivity contribution in [2.24, 2.45) is 0 Å². The van der Waals surface area contributed by atoms with E-state index >= 15 is 0 Å². The molecular formula is C19H19NO2S. The second kappa shape index (κ2) is 5.78. The zero-order valence-corrected chi connectivity index (χ0v) is 14.5. The number of nitrogens with one attached hydrogen (secondary N) is 1. The maximum absolute atomic E-state index is 12.4. The molecule has 0 atom stereocenters. The molecule has 3 nitrogen and oxygen atoms in total. The zero-order chi connectivity index (χ0) is 16.7. The van der Waals surface area contributed by atoms with E-state index < -0.39 is 0 Å². The molecule has 23 heavy (non-hydrogen) atoms. The number of benzene rings is 2. The topological polar surface area (TPSA) is 53.1 Å². The molecule has 118 valence electrons. The molecule has 1 heterocycles. The number of aromatic hydroxyl groups is 1. The quantitative estimate of drug-likeness (QED) is 0.723. The highest BCUT2D eigenvalue weighted by molar-refractivity contribution is 7.99. The van der Waals surface area contributed by atoms with E-state index in [1.165, 1.54) is 17.3 Å². The molecule has 0 saturated carbocycles. The van der Waals surface area contributed by atoms with E-state index in [1.807, 2.05) is 39.0 Å². The summed E-state index contributed by atoms with van der Waals surface area (Å²) in [6, 6.07) is 9.80. The van der Waals surface area contributed by atoms with Gasteiger partial charge in [0.25, 0.3) is 5.56 Å². The predicted molar refractivity (Wildman–Crippen MR) is 95.7 cm³/mol. The van der Waals surface area contributed by atoms with Crippen LogP contribution in [0.25, 0.3) is 10.9 Å². The third-order valence-corrected chi connectivity index (χ3v) is 5.34. The molecule has 4 heteroatoms. The summed E-state index contributed by atoms with van der Waals surface area (Å²) in [7, 11) is 0. The second-order valence-corrected chi connectivity index (χ2v) is 7.03. The molecule has 2 N–H and O–H groups in total. The van der Waals surface area contributed by atoms with Gasteiger partial charge in [-0.05, 0) is 51.0 Å². The molecule has 0 bridgehead atoms. The van der Waals surface area contributed by atoms with E-state index in [9.17, 15) is 9.90 Å². The highest BCUT2D eigenvalue weighted by Gasteiger charge is 2.16. The lowest BCUT2D eigenvalue weighted by atomic mass is 10.1. The number of fused-ring (bicyclic) bond motifs is 1. The summed E-state index contributed by atoms with van der Waals surface area (Å²) in [6.45, 7) is 8.07. The summed E-state index contributed by atoms with van der Waals surface area (Å²) < 4.78 is 0. The number of hydrogen-bond donors (Lipinski definition) is 2. The molecule has 0 spiro atoms. The van der Waals surface area contributed by atoms with Crippen LogP contribution in [0.2, 0.25) is 0 Å². The Labute approximate surface area is 139 Å². The van der Waals surface area contributed by atoms with E-state index in [4.69, 9.17) is 0 Å². The fourth-order valence-electron chi connectivity index (χ4n) is 2.90. The van der Waals surface area contributed by atoms with Gasteiger partial charge in [0, 0.05) is 10.3 Å². The Morgan fingerprint density at radius 1 is 0.913 bits per heavy atom. The maximum atomic E-state index is 12.4. The number of H-pyrrole nitrogens is 1. The van der Waals surface area contributed by atoms with Crippen LogP contribution in [-0.2, 0) is 0 Å². The molecule has 1 aromatic heterocycles. The van der Waals surface area contributed by atoms with E-state index in [0.29, 0.717) is 15.8 Å². The van der Waals surface area contributed by atoms with Crippen LogP contribution >= 0.6 is 11.8 Å². The molecular weight excluding hydrogens is 306 g/mol. The molecule has 3 rings (SSSR count). The highest BCUT2D eigenvalue weighted by Crippen LogP contribution is 2.38. The fourth-order valence-corrected chi connectivity index (χ4v) is 3.89. The van der Waals surface area contributed by atoms with Crippen molar-refractivity contribution in [1.29, 1.82) is 0 Å². The summed E-state index contributed by atoms with van der Waals surface area (Å²) in [5.41, 5.74) is 4.84. The summed E-state index contributed by atoms with van der Waals surface area (Å²) in [5.74, 6) is 0.0526. The average Bonchev–Trinajstić information content (AvgIpc) is 2.46. The highest BCUT2D eigenvalue weighted by atomic mass is 32.2. The van der Waals surface area contributed by atoms with E-state index in [0.717, 1.165) is 21.6 Å². The van der Waals surface area contributed by atoms with Crippen LogP contribution in [0.15, 0.2) is 44.9 Å². The third kappa shape index (κ3) is 2.86. The minimum absolute atomic E-state index is 0.0526. The lowest BCUT2D eigenvalue weighted by Gasteiger charge is -2.12. The van der Waals surface area contributed by atoms with Crippen molar-refractivity contribution < 1.29 is 5.11 Å². The van der Waals surface area contributed by atoms with Crippen LogP contribution in [-0.4, -0.2) is 10.1 Å². The first-order valence-electron chi connectivity index (χ1n) is 7.48. The van der Waals surface area contributed by atoms with Crippen LogP contribution in [0, 0.1) is 27.7 Å². The number of aromatic nitrogens is 1. The number of pyridine rings is 1. The van der Waals surface area contributed by atoms with Gasteiger partial charge in [0.05, 0.1) is 5.52 Å². The van der Waals surface area contributed by atoms with Crippen LogP contribution in [0.1, 0.15) is 22.3 Å². The minimum atomic E-state index is -0.261. The lowest BCUT2D eigenvalue weighted by Crippen LogP contribution is -2.09. The Kier molecular flexibility index (Phi) is 3.94. The molecule has 2 aromatic carbocycles. The van der Waals surface area contributed by atoms with Crippen LogP contribution in [0.5, 0.6) is 5.75 Å². The van der Waals surface area contributed by atoms with Gasteiger partial charge in [0.1, 0.15) is 10.6 Å². The lowest BCUT2D eigenvalue weighted by molar-refractivity contribution is 0.467. The van der Waals surface area contributed by atoms with Gasteiger partial charge in [-0.3, -0.25) is 4.79 Å². The smallest absolute Gasteiger partial charge is 0.266 e. The van der Waals surface area contributed by atoms with E-state index in [-0.39, 0.29) is 11.3 Å². The number of aromatic amines is 1. The maximum Gasteiger partial charge on any atom is 0.266 e. The summed E-state index contributed by atoms with van der Waals surface area (Å²) in [4.78, 5) is 16.6. The van der Waals surface area contributed by atoms with Gasteiger partial charge in [0.2, 0.25) is 0 Å². The van der Waals surface area contributed by atoms with Crippen LogP contribution in [0.3, 0.4) is 0 Å². The SMILES string of the molecule is Cc1cc(C)c(Sc2c(O)c3cc(C)ccc3[nH]c2=O)c(C)c1. The third-order valence-electron chi connectivity index (χ3n) is 3.91. The molecule has 0 aliphatic carbocycles. The first-order valence-corrected chi connectivity index (χ1v) is 8.30. The van der Waals surface area contributed by atoms with Crippen LogP contribution in [0.4, 0.5) is 0 Å². The average molecular weight is 325 g/mol. The fraction of sp³-hybridized carbons (Fsp3) is 0.211. The summed E-state index contributed by atoms with van der Waals surface area (Å²) >= 11 is 1.33. The molecule has 0 radical (unpaired) electrons. The standard InChI is InChI=1S/C19H19NO2S/c1-10-5-6-15-14(9-10)16(21)18(19(22)20-15)23-17-12(3)7-11(2)8-13(17)4/h5-9H,1-4H3,(H2,20,21,22). The molecule has 0 amide bonds. The zero-order valence-electron chi connectivity index (χ0n) is 13.7. The van der Waals surface area contributed by atoms with Gasteiger partial charge in [-0.15, -0.1) is 0 Å². The van der Waals surface area contributed by atoms with Gasteiger partial charge < -0.3 is 10.1 Å². The van der Waals surface area contributed by atoms with Crippen LogP contribution < -0.4 is 5.56 Å². The Balaban J connectivity index is 2.20. The first-order chi connectivity index (χ1) is 10.9. The van der Waals surface area contributed by atoms with Gasteiger partial charge in [-0.25, -0.2) is 0 Å².